The number of hydrogen-bond acceptors (Lipinski definition) is 5. The summed E-state index contributed by atoms with van der Waals surface area (Å²) in [7, 11) is 0. The molecule has 0 fully saturated rings. The van der Waals surface area contributed by atoms with Crippen LogP contribution in [0, 0.1) is 0 Å². The van der Waals surface area contributed by atoms with E-state index >= 15 is 0 Å². The first-order valence-electron chi connectivity index (χ1n) is 21.1. The number of hydrogen-bond donors (Lipinski definition) is 0. The van der Waals surface area contributed by atoms with Crippen molar-refractivity contribution in [1.82, 2.24) is 19.5 Å². The molecule has 0 saturated carbocycles. The maximum absolute atomic E-state index is 6.59. The topological polar surface area (TPSA) is 56.7 Å². The van der Waals surface area contributed by atoms with Gasteiger partial charge in [0.15, 0.2) is 17.5 Å². The van der Waals surface area contributed by atoms with E-state index in [2.05, 4.69) is 180 Å². The maximum Gasteiger partial charge on any atom is 0.164 e. The van der Waals surface area contributed by atoms with Crippen LogP contribution in [0.3, 0.4) is 0 Å². The van der Waals surface area contributed by atoms with Crippen molar-refractivity contribution in [2.45, 2.75) is 0 Å². The van der Waals surface area contributed by atoms with Crippen LogP contribution in [0.2, 0.25) is 0 Å². The third-order valence-electron chi connectivity index (χ3n) is 12.3. The molecule has 13 aromatic rings. The molecule has 0 N–H and O–H groups in total. The molecule has 0 saturated heterocycles. The van der Waals surface area contributed by atoms with Gasteiger partial charge in [-0.05, 0) is 89.0 Å². The number of aromatic nitrogens is 4. The molecule has 13 rings (SSSR count). The fraction of sp³-hybridized carbons (Fsp3) is 0. The fourth-order valence-corrected chi connectivity index (χ4v) is 10.5. The van der Waals surface area contributed by atoms with Crippen LogP contribution in [0.5, 0.6) is 0 Å². The number of furan rings is 1. The maximum atomic E-state index is 6.59. The second-order valence-electron chi connectivity index (χ2n) is 15.9. The largest absolute Gasteiger partial charge is 0.456 e. The van der Waals surface area contributed by atoms with E-state index in [1.807, 2.05) is 41.7 Å². The Morgan fingerprint density at radius 1 is 0.349 bits per heavy atom. The van der Waals surface area contributed by atoms with Gasteiger partial charge in [-0.1, -0.05) is 140 Å². The minimum atomic E-state index is 0.588. The summed E-state index contributed by atoms with van der Waals surface area (Å²) in [6.07, 6.45) is 0. The van der Waals surface area contributed by atoms with E-state index in [4.69, 9.17) is 19.4 Å². The van der Waals surface area contributed by atoms with Crippen LogP contribution in [0.25, 0.3) is 126 Å². The van der Waals surface area contributed by atoms with E-state index in [1.54, 1.807) is 0 Å². The summed E-state index contributed by atoms with van der Waals surface area (Å²) in [5, 5.41) is 6.82. The van der Waals surface area contributed by atoms with Crippen LogP contribution in [0.15, 0.2) is 211 Å². The molecule has 0 spiro atoms. The monoisotopic (exact) mass is 822 g/mol. The van der Waals surface area contributed by atoms with Crippen molar-refractivity contribution in [2.75, 3.05) is 0 Å². The lowest BCUT2D eigenvalue weighted by atomic mass is 9.96. The summed E-state index contributed by atoms with van der Waals surface area (Å²) in [6, 6.07) is 72.6. The number of fused-ring (bicyclic) bond motifs is 9. The highest BCUT2D eigenvalue weighted by Gasteiger charge is 2.21. The van der Waals surface area contributed by atoms with Gasteiger partial charge in [0.2, 0.25) is 0 Å². The molecule has 0 radical (unpaired) electrons. The second-order valence-corrected chi connectivity index (χ2v) is 17.0. The Kier molecular flexibility index (Phi) is 8.01. The number of nitrogens with zero attached hydrogens (tertiary/aromatic N) is 4. The predicted octanol–water partition coefficient (Wildman–Crippen LogP) is 15.6. The first-order valence-corrected chi connectivity index (χ1v) is 21.9. The number of rotatable bonds is 6. The van der Waals surface area contributed by atoms with Gasteiger partial charge in [0.1, 0.15) is 11.2 Å². The Hall–Kier alpha value is -8.19. The Bertz CT molecular complexity index is 3910. The highest BCUT2D eigenvalue weighted by Crippen LogP contribution is 2.44. The molecule has 0 aliphatic rings. The SMILES string of the molecule is c1ccc(-c2ccc3c(c2)sc2cccc(-c4ccc5oc6cccc(-c7nc(-c8ccccc8)nc(-c8ccc9c(c8)c8ccccc8n9-c8ccccc8)n7)c6c5c4)c23)cc1. The summed E-state index contributed by atoms with van der Waals surface area (Å²) in [6.45, 7) is 0. The van der Waals surface area contributed by atoms with E-state index < -0.39 is 0 Å². The van der Waals surface area contributed by atoms with Crippen LogP contribution < -0.4 is 0 Å². The molecule has 294 valence electrons. The minimum absolute atomic E-state index is 0.588. The van der Waals surface area contributed by atoms with Gasteiger partial charge in [-0.25, -0.2) is 15.0 Å². The molecule has 0 aliphatic heterocycles. The number of thiophene rings is 1. The summed E-state index contributed by atoms with van der Waals surface area (Å²) in [5.74, 6) is 1.80. The van der Waals surface area contributed by atoms with Gasteiger partial charge in [-0.2, -0.15) is 0 Å². The molecule has 0 atom stereocenters. The lowest BCUT2D eigenvalue weighted by Gasteiger charge is -2.10. The van der Waals surface area contributed by atoms with Crippen molar-refractivity contribution in [2.24, 2.45) is 0 Å². The second kappa shape index (κ2) is 14.2. The molecule has 6 heteroatoms. The van der Waals surface area contributed by atoms with Crippen molar-refractivity contribution in [3.8, 4) is 62.1 Å². The highest BCUT2D eigenvalue weighted by molar-refractivity contribution is 7.26. The predicted molar refractivity (Wildman–Crippen MR) is 262 cm³/mol. The molecule has 0 unspecified atom stereocenters. The summed E-state index contributed by atoms with van der Waals surface area (Å²) in [4.78, 5) is 15.7. The van der Waals surface area contributed by atoms with Crippen molar-refractivity contribution in [3.63, 3.8) is 0 Å². The van der Waals surface area contributed by atoms with Gasteiger partial charge >= 0.3 is 0 Å². The summed E-state index contributed by atoms with van der Waals surface area (Å²) in [5.41, 5.74) is 12.5. The van der Waals surface area contributed by atoms with E-state index in [-0.39, 0.29) is 0 Å². The number of benzene rings is 9. The lowest BCUT2D eigenvalue weighted by molar-refractivity contribution is 0.669. The van der Waals surface area contributed by atoms with E-state index in [0.29, 0.717) is 17.5 Å². The van der Waals surface area contributed by atoms with Gasteiger partial charge in [-0.15, -0.1) is 11.3 Å². The van der Waals surface area contributed by atoms with Crippen molar-refractivity contribution in [3.05, 3.63) is 206 Å². The van der Waals surface area contributed by atoms with E-state index in [0.717, 1.165) is 66.3 Å². The minimum Gasteiger partial charge on any atom is -0.456 e. The van der Waals surface area contributed by atoms with Crippen LogP contribution in [0.1, 0.15) is 0 Å². The van der Waals surface area contributed by atoms with Crippen LogP contribution in [-0.2, 0) is 0 Å². The molecular formula is C57H34N4OS. The zero-order valence-electron chi connectivity index (χ0n) is 33.7. The molecule has 4 heterocycles. The molecule has 0 aliphatic carbocycles. The molecule has 0 bridgehead atoms. The normalized spacial score (nSPS) is 11.8. The molecule has 63 heavy (non-hydrogen) atoms. The average molecular weight is 823 g/mol. The van der Waals surface area contributed by atoms with E-state index in [1.165, 1.54) is 42.2 Å². The van der Waals surface area contributed by atoms with Crippen molar-refractivity contribution < 1.29 is 4.42 Å². The Labute approximate surface area is 365 Å². The van der Waals surface area contributed by atoms with Crippen LogP contribution >= 0.6 is 11.3 Å². The first kappa shape index (κ1) is 35.6. The highest BCUT2D eigenvalue weighted by atomic mass is 32.1. The summed E-state index contributed by atoms with van der Waals surface area (Å²) < 4.78 is 11.5. The lowest BCUT2D eigenvalue weighted by Crippen LogP contribution is -2.00. The quantitative estimate of drug-likeness (QED) is 0.168. The van der Waals surface area contributed by atoms with Gasteiger partial charge < -0.3 is 8.98 Å². The molecule has 0 amide bonds. The zero-order valence-corrected chi connectivity index (χ0v) is 34.6. The van der Waals surface area contributed by atoms with Gasteiger partial charge in [0, 0.05) is 64.1 Å². The average Bonchev–Trinajstić information content (AvgIpc) is 4.03. The molecule has 5 nitrogen and oxygen atoms in total. The van der Waals surface area contributed by atoms with Gasteiger partial charge in [0.25, 0.3) is 0 Å². The molecule has 9 aromatic carbocycles. The Morgan fingerprint density at radius 2 is 1.00 bits per heavy atom. The zero-order chi connectivity index (χ0) is 41.4. The number of para-hydroxylation sites is 2. The standard InChI is InChI=1S/C57H34N4OS/c1-4-14-35(15-5-1)37-26-29-43-52(34-37)63-51-25-13-21-41(54(43)51)38-28-31-49-46(32-38)53-44(22-12-24-50(53)62-49)57-59-55(36-16-6-2-7-17-36)58-56(60-57)39-27-30-48-45(33-39)42-20-10-11-23-47(42)61(48)40-18-8-3-9-19-40/h1-34H. The van der Waals surface area contributed by atoms with Crippen LogP contribution in [-0.4, -0.2) is 19.5 Å². The first-order chi connectivity index (χ1) is 31.2. The van der Waals surface area contributed by atoms with Crippen LogP contribution in [0.4, 0.5) is 0 Å². The molecular weight excluding hydrogens is 789 g/mol. The smallest absolute Gasteiger partial charge is 0.164 e. The third kappa shape index (κ3) is 5.80. The Balaban J connectivity index is 0.987. The Morgan fingerprint density at radius 3 is 1.84 bits per heavy atom. The van der Waals surface area contributed by atoms with Gasteiger partial charge in [-0.3, -0.25) is 0 Å². The third-order valence-corrected chi connectivity index (χ3v) is 13.4. The van der Waals surface area contributed by atoms with Crippen molar-refractivity contribution in [1.29, 1.82) is 0 Å². The molecule has 4 aromatic heterocycles. The van der Waals surface area contributed by atoms with Crippen molar-refractivity contribution >= 4 is 75.3 Å². The fourth-order valence-electron chi connectivity index (χ4n) is 9.37. The van der Waals surface area contributed by atoms with E-state index in [9.17, 15) is 0 Å². The van der Waals surface area contributed by atoms with Gasteiger partial charge in [0.05, 0.1) is 11.0 Å². The summed E-state index contributed by atoms with van der Waals surface area (Å²) >= 11 is 1.84.